The summed E-state index contributed by atoms with van der Waals surface area (Å²) in [6, 6.07) is 15.2. The summed E-state index contributed by atoms with van der Waals surface area (Å²) < 4.78 is 6.76. The fourth-order valence-corrected chi connectivity index (χ4v) is 2.55. The molecular formula is C16H11BrClNO2. The SMILES string of the molecule is OCc1nc(Oc2ccc3cc(Br)ccc3c2)ccc1Cl. The summed E-state index contributed by atoms with van der Waals surface area (Å²) in [5.41, 5.74) is 0.402. The maximum absolute atomic E-state index is 9.17. The molecule has 2 aromatic carbocycles. The van der Waals surface area contributed by atoms with E-state index >= 15 is 0 Å². The monoisotopic (exact) mass is 363 g/mol. The smallest absolute Gasteiger partial charge is 0.219 e. The van der Waals surface area contributed by atoms with E-state index in [1.54, 1.807) is 12.1 Å². The fourth-order valence-electron chi connectivity index (χ4n) is 2.01. The van der Waals surface area contributed by atoms with E-state index in [9.17, 15) is 0 Å². The van der Waals surface area contributed by atoms with Crippen LogP contribution in [0.5, 0.6) is 11.6 Å². The number of hydrogen-bond acceptors (Lipinski definition) is 3. The van der Waals surface area contributed by atoms with Gasteiger partial charge in [-0.05, 0) is 41.1 Å². The average molecular weight is 365 g/mol. The minimum Gasteiger partial charge on any atom is -0.439 e. The minimum absolute atomic E-state index is 0.220. The number of nitrogens with zero attached hydrogens (tertiary/aromatic N) is 1. The van der Waals surface area contributed by atoms with Gasteiger partial charge in [-0.2, -0.15) is 0 Å². The van der Waals surface area contributed by atoms with E-state index in [1.165, 1.54) is 0 Å². The summed E-state index contributed by atoms with van der Waals surface area (Å²) in [4.78, 5) is 4.17. The highest BCUT2D eigenvalue weighted by molar-refractivity contribution is 9.10. The number of rotatable bonds is 3. The topological polar surface area (TPSA) is 42.4 Å². The van der Waals surface area contributed by atoms with Gasteiger partial charge in [-0.1, -0.05) is 39.7 Å². The summed E-state index contributed by atoms with van der Waals surface area (Å²) in [7, 11) is 0. The molecule has 0 aliphatic carbocycles. The van der Waals surface area contributed by atoms with E-state index in [2.05, 4.69) is 20.9 Å². The summed E-state index contributed by atoms with van der Waals surface area (Å²) in [5.74, 6) is 1.09. The van der Waals surface area contributed by atoms with Gasteiger partial charge in [0.05, 0.1) is 17.3 Å². The molecule has 0 spiro atoms. The molecule has 0 saturated heterocycles. The molecule has 0 bridgehead atoms. The lowest BCUT2D eigenvalue weighted by Gasteiger charge is -2.08. The van der Waals surface area contributed by atoms with Crippen molar-refractivity contribution in [2.75, 3.05) is 0 Å². The van der Waals surface area contributed by atoms with Crippen LogP contribution in [0.3, 0.4) is 0 Å². The quantitative estimate of drug-likeness (QED) is 0.716. The Hall–Kier alpha value is -1.62. The Labute approximate surface area is 135 Å². The second kappa shape index (κ2) is 6.02. The average Bonchev–Trinajstić information content (AvgIpc) is 2.49. The van der Waals surface area contributed by atoms with Crippen molar-refractivity contribution in [1.82, 2.24) is 4.98 Å². The zero-order valence-corrected chi connectivity index (χ0v) is 13.2. The molecule has 3 rings (SSSR count). The van der Waals surface area contributed by atoms with E-state index in [-0.39, 0.29) is 6.61 Å². The molecule has 0 aliphatic rings. The molecular weight excluding hydrogens is 354 g/mol. The Kier molecular flexibility index (Phi) is 4.10. The van der Waals surface area contributed by atoms with Crippen LogP contribution in [-0.4, -0.2) is 10.1 Å². The number of halogens is 2. The second-order valence-corrected chi connectivity index (χ2v) is 5.81. The number of hydrogen-bond donors (Lipinski definition) is 1. The van der Waals surface area contributed by atoms with Gasteiger partial charge in [-0.15, -0.1) is 0 Å². The Morgan fingerprint density at radius 3 is 2.62 bits per heavy atom. The predicted octanol–water partition coefficient (Wildman–Crippen LogP) is 4.94. The molecule has 0 unspecified atom stereocenters. The predicted molar refractivity (Wildman–Crippen MR) is 86.9 cm³/mol. The van der Waals surface area contributed by atoms with E-state index in [0.29, 0.717) is 22.3 Å². The van der Waals surface area contributed by atoms with Gasteiger partial charge in [0.25, 0.3) is 0 Å². The fraction of sp³-hybridized carbons (Fsp3) is 0.0625. The molecule has 0 amide bonds. The van der Waals surface area contributed by atoms with Crippen LogP contribution in [-0.2, 0) is 6.61 Å². The lowest BCUT2D eigenvalue weighted by atomic mass is 10.1. The minimum atomic E-state index is -0.220. The third-order valence-electron chi connectivity index (χ3n) is 3.04. The summed E-state index contributed by atoms with van der Waals surface area (Å²) in [5, 5.41) is 11.8. The van der Waals surface area contributed by atoms with Crippen LogP contribution < -0.4 is 4.74 Å². The molecule has 1 heterocycles. The molecule has 0 radical (unpaired) electrons. The molecule has 0 saturated carbocycles. The zero-order chi connectivity index (χ0) is 14.8. The van der Waals surface area contributed by atoms with Gasteiger partial charge < -0.3 is 9.84 Å². The summed E-state index contributed by atoms with van der Waals surface area (Å²) in [6.07, 6.45) is 0. The number of aromatic nitrogens is 1. The molecule has 3 nitrogen and oxygen atoms in total. The van der Waals surface area contributed by atoms with Crippen molar-refractivity contribution in [1.29, 1.82) is 0 Å². The van der Waals surface area contributed by atoms with Crippen LogP contribution in [0, 0.1) is 0 Å². The van der Waals surface area contributed by atoms with Crippen molar-refractivity contribution in [3.8, 4) is 11.6 Å². The standard InChI is InChI=1S/C16H11BrClNO2/c17-12-3-1-11-8-13(4-2-10(11)7-12)21-16-6-5-14(18)15(9-20)19-16/h1-8,20H,9H2. The first-order valence-corrected chi connectivity index (χ1v) is 7.46. The first-order valence-electron chi connectivity index (χ1n) is 6.29. The van der Waals surface area contributed by atoms with Crippen molar-refractivity contribution in [2.24, 2.45) is 0 Å². The van der Waals surface area contributed by atoms with Crippen LogP contribution in [0.25, 0.3) is 10.8 Å². The van der Waals surface area contributed by atoms with E-state index < -0.39 is 0 Å². The lowest BCUT2D eigenvalue weighted by molar-refractivity contribution is 0.275. The number of aliphatic hydroxyl groups excluding tert-OH is 1. The van der Waals surface area contributed by atoms with Crippen LogP contribution in [0.1, 0.15) is 5.69 Å². The number of pyridine rings is 1. The van der Waals surface area contributed by atoms with Crippen LogP contribution in [0.2, 0.25) is 5.02 Å². The third kappa shape index (κ3) is 3.18. The third-order valence-corrected chi connectivity index (χ3v) is 3.88. The maximum Gasteiger partial charge on any atom is 0.219 e. The number of ether oxygens (including phenoxy) is 1. The highest BCUT2D eigenvalue weighted by Crippen LogP contribution is 2.27. The van der Waals surface area contributed by atoms with E-state index in [1.807, 2.05) is 36.4 Å². The first-order chi connectivity index (χ1) is 10.2. The maximum atomic E-state index is 9.17. The number of fused-ring (bicyclic) bond motifs is 1. The molecule has 0 fully saturated rings. The Bertz CT molecular complexity index is 807. The molecule has 0 atom stereocenters. The van der Waals surface area contributed by atoms with Gasteiger partial charge in [-0.3, -0.25) is 0 Å². The van der Waals surface area contributed by atoms with Crippen molar-refractivity contribution >= 4 is 38.3 Å². The Morgan fingerprint density at radius 2 is 1.81 bits per heavy atom. The van der Waals surface area contributed by atoms with Gasteiger partial charge in [0.15, 0.2) is 0 Å². The van der Waals surface area contributed by atoms with Crippen LogP contribution >= 0.6 is 27.5 Å². The van der Waals surface area contributed by atoms with Crippen molar-refractivity contribution in [3.63, 3.8) is 0 Å². The summed E-state index contributed by atoms with van der Waals surface area (Å²) >= 11 is 9.36. The molecule has 3 aromatic rings. The van der Waals surface area contributed by atoms with Crippen molar-refractivity contribution in [2.45, 2.75) is 6.61 Å². The van der Waals surface area contributed by atoms with Gasteiger partial charge in [0, 0.05) is 10.5 Å². The van der Waals surface area contributed by atoms with Gasteiger partial charge in [0.2, 0.25) is 5.88 Å². The lowest BCUT2D eigenvalue weighted by Crippen LogP contribution is -1.94. The van der Waals surface area contributed by atoms with E-state index in [0.717, 1.165) is 15.2 Å². The largest absolute Gasteiger partial charge is 0.439 e. The van der Waals surface area contributed by atoms with Crippen molar-refractivity contribution in [3.05, 3.63) is 63.7 Å². The molecule has 1 aromatic heterocycles. The number of benzene rings is 2. The number of aliphatic hydroxyl groups is 1. The van der Waals surface area contributed by atoms with Crippen LogP contribution in [0.4, 0.5) is 0 Å². The first kappa shape index (κ1) is 14.3. The van der Waals surface area contributed by atoms with E-state index in [4.69, 9.17) is 21.4 Å². The Morgan fingerprint density at radius 1 is 1.05 bits per heavy atom. The van der Waals surface area contributed by atoms with Crippen LogP contribution in [0.15, 0.2) is 53.0 Å². The summed E-state index contributed by atoms with van der Waals surface area (Å²) in [6.45, 7) is -0.220. The van der Waals surface area contributed by atoms with Gasteiger partial charge in [0.1, 0.15) is 5.75 Å². The Balaban J connectivity index is 1.92. The van der Waals surface area contributed by atoms with Gasteiger partial charge >= 0.3 is 0 Å². The van der Waals surface area contributed by atoms with Crippen molar-refractivity contribution < 1.29 is 9.84 Å². The molecule has 0 aliphatic heterocycles. The molecule has 5 heteroatoms. The second-order valence-electron chi connectivity index (χ2n) is 4.49. The molecule has 1 N–H and O–H groups in total. The van der Waals surface area contributed by atoms with Gasteiger partial charge in [-0.25, -0.2) is 4.98 Å². The zero-order valence-electron chi connectivity index (χ0n) is 10.9. The molecule has 106 valence electrons. The molecule has 21 heavy (non-hydrogen) atoms. The highest BCUT2D eigenvalue weighted by atomic mass is 79.9. The normalized spacial score (nSPS) is 10.8. The highest BCUT2D eigenvalue weighted by Gasteiger charge is 2.05.